The van der Waals surface area contributed by atoms with Crippen LogP contribution in [-0.2, 0) is 14.8 Å². The number of H-pyrrole nitrogens is 1. The van der Waals surface area contributed by atoms with E-state index >= 15 is 0 Å². The number of anilines is 3. The van der Waals surface area contributed by atoms with E-state index in [9.17, 15) is 8.42 Å². The molecule has 3 aliphatic rings. The maximum absolute atomic E-state index is 13.5. The molecule has 11 heteroatoms. The van der Waals surface area contributed by atoms with Gasteiger partial charge in [-0.15, -0.1) is 0 Å². The van der Waals surface area contributed by atoms with Gasteiger partial charge in [0.1, 0.15) is 17.2 Å². The molecule has 3 fully saturated rings. The lowest BCUT2D eigenvalue weighted by molar-refractivity contribution is 0.00610. The van der Waals surface area contributed by atoms with Crippen molar-refractivity contribution in [2.75, 3.05) is 57.1 Å². The van der Waals surface area contributed by atoms with Gasteiger partial charge in [-0.1, -0.05) is 0 Å². The lowest BCUT2D eigenvalue weighted by Crippen LogP contribution is -2.50. The zero-order chi connectivity index (χ0) is 25.4. The first kappa shape index (κ1) is 24.5. The van der Waals surface area contributed by atoms with E-state index in [0.717, 1.165) is 55.9 Å². The zero-order valence-electron chi connectivity index (χ0n) is 21.1. The molecule has 0 unspecified atom stereocenters. The van der Waals surface area contributed by atoms with Crippen LogP contribution in [0.2, 0.25) is 0 Å². The van der Waals surface area contributed by atoms with Gasteiger partial charge < -0.3 is 25.1 Å². The Balaban J connectivity index is 1.18. The predicted octanol–water partition coefficient (Wildman–Crippen LogP) is 3.37. The van der Waals surface area contributed by atoms with Crippen LogP contribution in [0.4, 0.5) is 17.2 Å². The molecular formula is C26H34N6O4S. The van der Waals surface area contributed by atoms with Crippen molar-refractivity contribution < 1.29 is 17.9 Å². The van der Waals surface area contributed by atoms with Crippen molar-refractivity contribution >= 4 is 38.2 Å². The number of nitrogens with zero attached hydrogens (tertiary/aromatic N) is 3. The molecule has 198 valence electrons. The average Bonchev–Trinajstić information content (AvgIpc) is 3.62. The fraction of sp³-hybridized carbons (Fsp3) is 0.500. The molecule has 2 saturated heterocycles. The predicted molar refractivity (Wildman–Crippen MR) is 143 cm³/mol. The Hall–Kier alpha value is -2.86. The summed E-state index contributed by atoms with van der Waals surface area (Å²) in [7, 11) is -2.07. The van der Waals surface area contributed by atoms with Crippen molar-refractivity contribution in [2.24, 2.45) is 0 Å². The largest absolute Gasteiger partial charge is 0.495 e. The number of hydrogen-bond acceptors (Lipinski definition) is 8. The number of hydrogen-bond donors (Lipinski definition) is 3. The first-order valence-electron chi connectivity index (χ1n) is 13.0. The Morgan fingerprint density at radius 3 is 2.54 bits per heavy atom. The van der Waals surface area contributed by atoms with Gasteiger partial charge in [0.25, 0.3) is 0 Å². The number of fused-ring (bicyclic) bond motifs is 1. The van der Waals surface area contributed by atoms with E-state index in [1.807, 2.05) is 18.3 Å². The molecule has 0 radical (unpaired) electrons. The monoisotopic (exact) mass is 526 g/mol. The molecule has 2 aromatic heterocycles. The van der Waals surface area contributed by atoms with Gasteiger partial charge in [-0.25, -0.2) is 13.4 Å². The lowest BCUT2D eigenvalue weighted by Gasteiger charge is -2.39. The van der Waals surface area contributed by atoms with Crippen LogP contribution in [-0.4, -0.2) is 86.2 Å². The van der Waals surface area contributed by atoms with Crippen LogP contribution in [0.1, 0.15) is 25.7 Å². The van der Waals surface area contributed by atoms with Crippen molar-refractivity contribution in [1.29, 1.82) is 0 Å². The van der Waals surface area contributed by atoms with Crippen molar-refractivity contribution in [1.82, 2.24) is 19.2 Å². The molecule has 0 spiro atoms. The highest BCUT2D eigenvalue weighted by molar-refractivity contribution is 7.89. The first-order valence-corrected chi connectivity index (χ1v) is 14.5. The fourth-order valence-electron chi connectivity index (χ4n) is 5.28. The van der Waals surface area contributed by atoms with E-state index in [1.54, 1.807) is 29.6 Å². The number of sulfonamides is 1. The summed E-state index contributed by atoms with van der Waals surface area (Å²) in [6.45, 7) is 4.39. The van der Waals surface area contributed by atoms with E-state index in [2.05, 4.69) is 25.5 Å². The van der Waals surface area contributed by atoms with E-state index in [-0.39, 0.29) is 4.90 Å². The second kappa shape index (κ2) is 10.1. The highest BCUT2D eigenvalue weighted by Gasteiger charge is 2.32. The highest BCUT2D eigenvalue weighted by atomic mass is 32.2. The maximum atomic E-state index is 13.5. The number of aromatic amines is 1. The molecule has 0 amide bonds. The van der Waals surface area contributed by atoms with Gasteiger partial charge in [0.15, 0.2) is 0 Å². The van der Waals surface area contributed by atoms with Gasteiger partial charge in [0.2, 0.25) is 10.0 Å². The van der Waals surface area contributed by atoms with E-state index in [0.29, 0.717) is 42.4 Å². The van der Waals surface area contributed by atoms with Gasteiger partial charge >= 0.3 is 0 Å². The van der Waals surface area contributed by atoms with Gasteiger partial charge in [-0.05, 0) is 43.9 Å². The topological polar surface area (TPSA) is 112 Å². The summed E-state index contributed by atoms with van der Waals surface area (Å²) in [5, 5.41) is 7.93. The third-order valence-corrected chi connectivity index (χ3v) is 9.42. The molecule has 10 nitrogen and oxygen atoms in total. The minimum atomic E-state index is -3.62. The maximum Gasteiger partial charge on any atom is 0.243 e. The average molecular weight is 527 g/mol. The third-order valence-electron chi connectivity index (χ3n) is 7.52. The number of rotatable bonds is 8. The number of methoxy groups -OCH3 is 1. The molecule has 6 rings (SSSR count). The molecule has 0 atom stereocenters. The normalized spacial score (nSPS) is 20.2. The van der Waals surface area contributed by atoms with Gasteiger partial charge in [-0.3, -0.25) is 4.90 Å². The van der Waals surface area contributed by atoms with Crippen molar-refractivity contribution in [3.8, 4) is 5.75 Å². The number of nitrogens with one attached hydrogen (secondary N) is 3. The van der Waals surface area contributed by atoms with Crippen LogP contribution in [0.25, 0.3) is 11.0 Å². The molecule has 3 N–H and O–H groups in total. The summed E-state index contributed by atoms with van der Waals surface area (Å²) in [5.41, 5.74) is 2.46. The molecule has 1 aromatic carbocycles. The molecular weight excluding hydrogens is 492 g/mol. The second-order valence-corrected chi connectivity index (χ2v) is 11.9. The lowest BCUT2D eigenvalue weighted by atomic mass is 10.0. The van der Waals surface area contributed by atoms with Crippen molar-refractivity contribution in [2.45, 2.75) is 42.7 Å². The van der Waals surface area contributed by atoms with Gasteiger partial charge in [0.05, 0.1) is 30.9 Å². The Morgan fingerprint density at radius 2 is 1.81 bits per heavy atom. The van der Waals surface area contributed by atoms with Crippen LogP contribution in [0.3, 0.4) is 0 Å². The Labute approximate surface area is 217 Å². The molecule has 4 heterocycles. The smallest absolute Gasteiger partial charge is 0.243 e. The number of aromatic nitrogens is 2. The number of pyridine rings is 1. The summed E-state index contributed by atoms with van der Waals surface area (Å²) in [6, 6.07) is 9.91. The molecule has 1 aliphatic carbocycles. The summed E-state index contributed by atoms with van der Waals surface area (Å²) < 4.78 is 39.6. The second-order valence-electron chi connectivity index (χ2n) is 9.98. The standard InChI is InChI=1S/C26H34N6O4S/c1-35-24-16-20(37(33,34)32-10-7-19(8-11-32)31-12-14-36-15-13-31)4-5-22(24)29-25-17-23(28-18-2-3-18)21-6-9-27-26(21)30-25/h4-6,9,16-19H,2-3,7-8,10-15H2,1H3,(H3,27,28,29,30). The van der Waals surface area contributed by atoms with E-state index in [4.69, 9.17) is 9.47 Å². The minimum absolute atomic E-state index is 0.239. The third kappa shape index (κ3) is 5.13. The van der Waals surface area contributed by atoms with Crippen LogP contribution in [0.15, 0.2) is 41.4 Å². The number of piperidine rings is 1. The molecule has 37 heavy (non-hydrogen) atoms. The molecule has 2 aliphatic heterocycles. The molecule has 0 bridgehead atoms. The van der Waals surface area contributed by atoms with Gasteiger partial charge in [0, 0.05) is 67.7 Å². The summed E-state index contributed by atoms with van der Waals surface area (Å²) >= 11 is 0. The molecule has 3 aromatic rings. The van der Waals surface area contributed by atoms with Crippen LogP contribution >= 0.6 is 0 Å². The summed E-state index contributed by atoms with van der Waals surface area (Å²) in [4.78, 5) is 10.5. The molecule has 1 saturated carbocycles. The number of benzene rings is 1. The highest BCUT2D eigenvalue weighted by Crippen LogP contribution is 2.35. The summed E-state index contributed by atoms with van der Waals surface area (Å²) in [6.07, 6.45) is 5.89. The quantitative estimate of drug-likeness (QED) is 0.410. The van der Waals surface area contributed by atoms with Crippen molar-refractivity contribution in [3.05, 3.63) is 36.5 Å². The number of morpholine rings is 1. The number of ether oxygens (including phenoxy) is 2. The van der Waals surface area contributed by atoms with Crippen molar-refractivity contribution in [3.63, 3.8) is 0 Å². The van der Waals surface area contributed by atoms with E-state index < -0.39 is 10.0 Å². The first-order chi connectivity index (χ1) is 18.0. The Bertz CT molecular complexity index is 1360. The van der Waals surface area contributed by atoms with E-state index in [1.165, 1.54) is 12.8 Å². The zero-order valence-corrected chi connectivity index (χ0v) is 21.9. The van der Waals surface area contributed by atoms with Crippen LogP contribution in [0.5, 0.6) is 5.75 Å². The van der Waals surface area contributed by atoms with Gasteiger partial charge in [-0.2, -0.15) is 4.31 Å². The van der Waals surface area contributed by atoms with Crippen LogP contribution < -0.4 is 15.4 Å². The SMILES string of the molecule is COc1cc(S(=O)(=O)N2CCC(N3CCOCC3)CC2)ccc1Nc1cc(NC2CC2)c2cc[nH]c2n1. The summed E-state index contributed by atoms with van der Waals surface area (Å²) in [5.74, 6) is 1.10. The fourth-order valence-corrected chi connectivity index (χ4v) is 6.77. The van der Waals surface area contributed by atoms with Crippen LogP contribution in [0, 0.1) is 0 Å². The Kier molecular flexibility index (Phi) is 6.70. The minimum Gasteiger partial charge on any atom is -0.495 e. The Morgan fingerprint density at radius 1 is 1.03 bits per heavy atom.